The Morgan fingerprint density at radius 2 is 1.90 bits per heavy atom. The highest BCUT2D eigenvalue weighted by Crippen LogP contribution is 2.21. The number of hydrogen-bond acceptors (Lipinski definition) is 5. The molecule has 0 saturated carbocycles. The first-order valence-corrected chi connectivity index (χ1v) is 6.40. The lowest BCUT2D eigenvalue weighted by Crippen LogP contribution is -2.27. The maximum atomic E-state index is 11.5. The summed E-state index contributed by atoms with van der Waals surface area (Å²) in [5.74, 6) is -0.539. The van der Waals surface area contributed by atoms with Crippen molar-refractivity contribution in [2.45, 2.75) is 0 Å². The summed E-state index contributed by atoms with van der Waals surface area (Å²) in [5, 5.41) is 11.8. The highest BCUT2D eigenvalue weighted by Gasteiger charge is 2.11. The van der Waals surface area contributed by atoms with Crippen LogP contribution in [-0.2, 0) is 0 Å². The van der Waals surface area contributed by atoms with Gasteiger partial charge in [-0.25, -0.2) is 9.59 Å². The molecule has 7 nitrogen and oxygen atoms in total. The van der Waals surface area contributed by atoms with E-state index in [0.29, 0.717) is 16.5 Å². The first-order chi connectivity index (χ1) is 9.47. The summed E-state index contributed by atoms with van der Waals surface area (Å²) < 4.78 is 4.12. The fourth-order valence-electron chi connectivity index (χ4n) is 1.36. The zero-order chi connectivity index (χ0) is 14.7. The maximum Gasteiger partial charge on any atom is 0.335 e. The number of nitrogens with one attached hydrogen (secondary N) is 1. The molecule has 0 aliphatic heterocycles. The van der Waals surface area contributed by atoms with Crippen LogP contribution in [0.1, 0.15) is 10.4 Å². The zero-order valence-electron chi connectivity index (χ0n) is 10.8. The van der Waals surface area contributed by atoms with Crippen molar-refractivity contribution < 1.29 is 14.7 Å². The summed E-state index contributed by atoms with van der Waals surface area (Å²) in [6, 6.07) is 5.94. The molecular formula is C12H12N4O3S. The molecule has 0 aliphatic rings. The SMILES string of the molecule is CN(C)C(=O)Nc1nc(-c2ccc(C(=O)O)cc2)ns1. The van der Waals surface area contributed by atoms with Crippen molar-refractivity contribution in [2.24, 2.45) is 0 Å². The van der Waals surface area contributed by atoms with Crippen LogP contribution in [0.25, 0.3) is 11.4 Å². The van der Waals surface area contributed by atoms with Crippen LogP contribution in [0.5, 0.6) is 0 Å². The van der Waals surface area contributed by atoms with Crippen LogP contribution >= 0.6 is 11.5 Å². The third kappa shape index (κ3) is 3.09. The fourth-order valence-corrected chi connectivity index (χ4v) is 1.94. The molecule has 0 unspecified atom stereocenters. The van der Waals surface area contributed by atoms with Gasteiger partial charge in [-0.3, -0.25) is 5.32 Å². The Morgan fingerprint density at radius 3 is 2.45 bits per heavy atom. The average Bonchev–Trinajstić information content (AvgIpc) is 2.87. The molecule has 0 radical (unpaired) electrons. The third-order valence-corrected chi connectivity index (χ3v) is 3.07. The van der Waals surface area contributed by atoms with Crippen molar-refractivity contribution in [1.29, 1.82) is 0 Å². The minimum absolute atomic E-state index is 0.199. The predicted molar refractivity (Wildman–Crippen MR) is 75.0 cm³/mol. The Labute approximate surface area is 119 Å². The zero-order valence-corrected chi connectivity index (χ0v) is 11.6. The molecule has 0 spiro atoms. The smallest absolute Gasteiger partial charge is 0.335 e. The first-order valence-electron chi connectivity index (χ1n) is 5.63. The summed E-state index contributed by atoms with van der Waals surface area (Å²) in [7, 11) is 3.25. The predicted octanol–water partition coefficient (Wildman–Crippen LogP) is 2.00. The van der Waals surface area contributed by atoms with E-state index < -0.39 is 5.97 Å². The number of aromatic carboxylic acids is 1. The molecular weight excluding hydrogens is 280 g/mol. The standard InChI is InChI=1S/C12H12N4O3S/c1-16(2)12(19)14-11-13-9(15-20-11)7-3-5-8(6-4-7)10(17)18/h3-6H,1-2H3,(H,17,18)(H,13,14,15,19). The van der Waals surface area contributed by atoms with Crippen LogP contribution in [-0.4, -0.2) is 45.5 Å². The van der Waals surface area contributed by atoms with Crippen LogP contribution in [0.15, 0.2) is 24.3 Å². The summed E-state index contributed by atoms with van der Waals surface area (Å²) in [6.45, 7) is 0. The molecule has 2 rings (SSSR count). The number of benzene rings is 1. The molecule has 0 fully saturated rings. The fraction of sp³-hybridized carbons (Fsp3) is 0.167. The van der Waals surface area contributed by atoms with E-state index in [9.17, 15) is 9.59 Å². The summed E-state index contributed by atoms with van der Waals surface area (Å²) >= 11 is 1.06. The number of carbonyl (C=O) groups is 2. The molecule has 8 heteroatoms. The Hall–Kier alpha value is -2.48. The molecule has 2 aromatic rings. The lowest BCUT2D eigenvalue weighted by molar-refractivity contribution is 0.0697. The van der Waals surface area contributed by atoms with Crippen molar-refractivity contribution in [1.82, 2.24) is 14.3 Å². The second-order valence-electron chi connectivity index (χ2n) is 4.13. The molecule has 1 aromatic heterocycles. The van der Waals surface area contributed by atoms with Gasteiger partial charge in [0.2, 0.25) is 5.13 Å². The minimum atomic E-state index is -0.985. The monoisotopic (exact) mass is 292 g/mol. The van der Waals surface area contributed by atoms with Crippen LogP contribution in [0.3, 0.4) is 0 Å². The first kappa shape index (κ1) is 13.9. The van der Waals surface area contributed by atoms with E-state index in [-0.39, 0.29) is 11.6 Å². The van der Waals surface area contributed by atoms with E-state index in [1.165, 1.54) is 17.0 Å². The summed E-state index contributed by atoms with van der Waals surface area (Å²) in [5.41, 5.74) is 0.890. The van der Waals surface area contributed by atoms with E-state index in [4.69, 9.17) is 5.11 Å². The number of carboxylic acids is 1. The third-order valence-electron chi connectivity index (χ3n) is 2.44. The largest absolute Gasteiger partial charge is 0.478 e. The average molecular weight is 292 g/mol. The van der Waals surface area contributed by atoms with Crippen molar-refractivity contribution in [2.75, 3.05) is 19.4 Å². The van der Waals surface area contributed by atoms with Crippen LogP contribution in [0.4, 0.5) is 9.93 Å². The Morgan fingerprint density at radius 1 is 1.25 bits per heavy atom. The Bertz CT molecular complexity index is 636. The number of anilines is 1. The van der Waals surface area contributed by atoms with Gasteiger partial charge in [0.05, 0.1) is 5.56 Å². The molecule has 0 saturated heterocycles. The van der Waals surface area contributed by atoms with Gasteiger partial charge in [-0.2, -0.15) is 9.36 Å². The topological polar surface area (TPSA) is 95.4 Å². The van der Waals surface area contributed by atoms with Crippen LogP contribution in [0.2, 0.25) is 0 Å². The number of nitrogens with zero attached hydrogens (tertiary/aromatic N) is 3. The van der Waals surface area contributed by atoms with E-state index in [0.717, 1.165) is 11.5 Å². The van der Waals surface area contributed by atoms with E-state index in [1.54, 1.807) is 26.2 Å². The number of aromatic nitrogens is 2. The quantitative estimate of drug-likeness (QED) is 0.902. The van der Waals surface area contributed by atoms with Crippen molar-refractivity contribution >= 4 is 28.7 Å². The molecule has 1 heterocycles. The molecule has 0 bridgehead atoms. The van der Waals surface area contributed by atoms with Gasteiger partial charge in [-0.15, -0.1) is 0 Å². The number of urea groups is 1. The number of amides is 2. The van der Waals surface area contributed by atoms with Crippen LogP contribution in [0, 0.1) is 0 Å². The van der Waals surface area contributed by atoms with Crippen molar-refractivity contribution in [3.63, 3.8) is 0 Å². The number of carbonyl (C=O) groups excluding carboxylic acids is 1. The number of carboxylic acid groups (broad SMARTS) is 1. The second-order valence-corrected chi connectivity index (χ2v) is 4.88. The Kier molecular flexibility index (Phi) is 3.94. The normalized spacial score (nSPS) is 10.1. The minimum Gasteiger partial charge on any atom is -0.478 e. The maximum absolute atomic E-state index is 11.5. The highest BCUT2D eigenvalue weighted by atomic mass is 32.1. The molecule has 2 amide bonds. The second kappa shape index (κ2) is 5.66. The lowest BCUT2D eigenvalue weighted by atomic mass is 10.1. The molecule has 20 heavy (non-hydrogen) atoms. The van der Waals surface area contributed by atoms with Gasteiger partial charge >= 0.3 is 12.0 Å². The van der Waals surface area contributed by atoms with Crippen molar-refractivity contribution in [3.8, 4) is 11.4 Å². The van der Waals surface area contributed by atoms with Crippen molar-refractivity contribution in [3.05, 3.63) is 29.8 Å². The van der Waals surface area contributed by atoms with Gasteiger partial charge in [-0.05, 0) is 12.1 Å². The van der Waals surface area contributed by atoms with Gasteiger partial charge < -0.3 is 10.0 Å². The number of hydrogen-bond donors (Lipinski definition) is 2. The van der Waals surface area contributed by atoms with Crippen LogP contribution < -0.4 is 5.32 Å². The van der Waals surface area contributed by atoms with Gasteiger partial charge in [0.1, 0.15) is 0 Å². The van der Waals surface area contributed by atoms with Gasteiger partial charge in [0, 0.05) is 31.2 Å². The number of rotatable bonds is 3. The van der Waals surface area contributed by atoms with E-state index in [2.05, 4.69) is 14.7 Å². The van der Waals surface area contributed by atoms with Gasteiger partial charge in [0.25, 0.3) is 0 Å². The summed E-state index contributed by atoms with van der Waals surface area (Å²) in [6.07, 6.45) is 0. The molecule has 1 aromatic carbocycles. The van der Waals surface area contributed by atoms with E-state index >= 15 is 0 Å². The molecule has 104 valence electrons. The Balaban J connectivity index is 2.16. The molecule has 0 atom stereocenters. The van der Waals surface area contributed by atoms with Gasteiger partial charge in [-0.1, -0.05) is 12.1 Å². The molecule has 0 aliphatic carbocycles. The molecule has 2 N–H and O–H groups in total. The van der Waals surface area contributed by atoms with Gasteiger partial charge in [0.15, 0.2) is 5.82 Å². The highest BCUT2D eigenvalue weighted by molar-refractivity contribution is 7.10. The summed E-state index contributed by atoms with van der Waals surface area (Å²) in [4.78, 5) is 27.8. The lowest BCUT2D eigenvalue weighted by Gasteiger charge is -2.08. The van der Waals surface area contributed by atoms with E-state index in [1.807, 2.05) is 0 Å².